The Balaban J connectivity index is 1.95. The molecule has 2 fully saturated rings. The van der Waals surface area contributed by atoms with Gasteiger partial charge >= 0.3 is 5.97 Å². The molecule has 23 heavy (non-hydrogen) atoms. The van der Waals surface area contributed by atoms with E-state index >= 15 is 0 Å². The molecule has 0 aliphatic carbocycles. The summed E-state index contributed by atoms with van der Waals surface area (Å²) < 4.78 is 5.26. The van der Waals surface area contributed by atoms with Crippen molar-refractivity contribution in [2.45, 2.75) is 39.3 Å². The number of amides is 2. The molecule has 0 aromatic rings. The molecule has 2 heterocycles. The Morgan fingerprint density at radius 2 is 1.87 bits per heavy atom. The van der Waals surface area contributed by atoms with E-state index in [1.165, 1.54) is 0 Å². The molecule has 0 spiro atoms. The second kappa shape index (κ2) is 7.29. The zero-order valence-electron chi connectivity index (χ0n) is 14.4. The van der Waals surface area contributed by atoms with Crippen molar-refractivity contribution in [1.82, 2.24) is 15.1 Å². The van der Waals surface area contributed by atoms with E-state index in [-0.39, 0.29) is 36.2 Å². The molecule has 7 heteroatoms. The molecular formula is C16H27N3O4. The van der Waals surface area contributed by atoms with Gasteiger partial charge in [-0.25, -0.2) is 0 Å². The summed E-state index contributed by atoms with van der Waals surface area (Å²) in [6.07, 6.45) is -0.233. The number of piperazine rings is 1. The molecule has 2 amide bonds. The number of nitrogens with zero attached hydrogens (tertiary/aromatic N) is 2. The number of carbonyl (C=O) groups is 3. The van der Waals surface area contributed by atoms with Crippen molar-refractivity contribution in [1.29, 1.82) is 0 Å². The first-order valence-electron chi connectivity index (χ1n) is 8.32. The minimum atomic E-state index is -0.510. The average Bonchev–Trinajstić information content (AvgIpc) is 2.51. The van der Waals surface area contributed by atoms with Gasteiger partial charge in [0.05, 0.1) is 17.9 Å². The second-order valence-corrected chi connectivity index (χ2v) is 6.53. The monoisotopic (exact) mass is 325 g/mol. The highest BCUT2D eigenvalue weighted by atomic mass is 16.5. The van der Waals surface area contributed by atoms with Crippen molar-refractivity contribution in [3.05, 3.63) is 0 Å². The third-order valence-corrected chi connectivity index (χ3v) is 4.85. The molecule has 2 saturated heterocycles. The predicted molar refractivity (Wildman–Crippen MR) is 84.5 cm³/mol. The van der Waals surface area contributed by atoms with Crippen LogP contribution in [0.15, 0.2) is 0 Å². The Hall–Kier alpha value is -1.63. The van der Waals surface area contributed by atoms with Gasteiger partial charge in [-0.05, 0) is 14.0 Å². The Morgan fingerprint density at radius 1 is 1.26 bits per heavy atom. The number of hydrogen-bond donors (Lipinski definition) is 1. The number of likely N-dealkylation sites (N-methyl/N-ethyl adjacent to an activating group) is 1. The van der Waals surface area contributed by atoms with Crippen molar-refractivity contribution < 1.29 is 19.1 Å². The first kappa shape index (κ1) is 17.7. The zero-order chi connectivity index (χ0) is 17.1. The van der Waals surface area contributed by atoms with Gasteiger partial charge in [-0.3, -0.25) is 14.4 Å². The maximum absolute atomic E-state index is 12.6. The minimum Gasteiger partial charge on any atom is -0.462 e. The van der Waals surface area contributed by atoms with E-state index in [1.807, 2.05) is 18.9 Å². The summed E-state index contributed by atoms with van der Waals surface area (Å²) >= 11 is 0. The number of nitrogens with one attached hydrogen (secondary N) is 1. The molecule has 2 aliphatic heterocycles. The van der Waals surface area contributed by atoms with E-state index in [4.69, 9.17) is 4.74 Å². The van der Waals surface area contributed by atoms with E-state index in [1.54, 1.807) is 13.8 Å². The highest BCUT2D eigenvalue weighted by Gasteiger charge is 2.49. The van der Waals surface area contributed by atoms with Gasteiger partial charge in [-0.15, -0.1) is 0 Å². The number of β-lactam (4-membered cyclic amide) rings is 1. The van der Waals surface area contributed by atoms with Gasteiger partial charge in [-0.2, -0.15) is 0 Å². The molecule has 2 aliphatic rings. The van der Waals surface area contributed by atoms with Crippen molar-refractivity contribution in [2.24, 2.45) is 11.8 Å². The number of ether oxygens (including phenoxy) is 1. The van der Waals surface area contributed by atoms with Crippen LogP contribution >= 0.6 is 0 Å². The van der Waals surface area contributed by atoms with Crippen LogP contribution in [0.2, 0.25) is 0 Å². The van der Waals surface area contributed by atoms with E-state index < -0.39 is 12.0 Å². The molecule has 2 rings (SSSR count). The Morgan fingerprint density at radius 3 is 2.39 bits per heavy atom. The number of rotatable bonds is 5. The van der Waals surface area contributed by atoms with Crippen LogP contribution in [0.4, 0.5) is 0 Å². The maximum atomic E-state index is 12.6. The maximum Gasteiger partial charge on any atom is 0.305 e. The summed E-state index contributed by atoms with van der Waals surface area (Å²) in [5, 5.41) is 2.81. The van der Waals surface area contributed by atoms with Crippen LogP contribution in [-0.4, -0.2) is 73.0 Å². The van der Waals surface area contributed by atoms with Crippen molar-refractivity contribution in [3.8, 4) is 0 Å². The lowest BCUT2D eigenvalue weighted by atomic mass is 9.78. The normalized spacial score (nSPS) is 27.7. The summed E-state index contributed by atoms with van der Waals surface area (Å²) in [5.74, 6) is -1.18. The smallest absolute Gasteiger partial charge is 0.305 e. The van der Waals surface area contributed by atoms with Crippen LogP contribution in [0.5, 0.6) is 0 Å². The van der Waals surface area contributed by atoms with Crippen LogP contribution < -0.4 is 5.32 Å². The van der Waals surface area contributed by atoms with Gasteiger partial charge in [0.15, 0.2) is 0 Å². The first-order chi connectivity index (χ1) is 10.8. The quantitative estimate of drug-likeness (QED) is 0.562. The number of carbonyl (C=O) groups excluding carboxylic acids is 3. The second-order valence-electron chi connectivity index (χ2n) is 6.53. The highest BCUT2D eigenvalue weighted by molar-refractivity contribution is 5.90. The number of hydrogen-bond acceptors (Lipinski definition) is 5. The Labute approximate surface area is 137 Å². The Bertz CT molecular complexity index is 474. The lowest BCUT2D eigenvalue weighted by molar-refractivity contribution is -0.160. The Kier molecular flexibility index (Phi) is 5.62. The van der Waals surface area contributed by atoms with Gasteiger partial charge in [-0.1, -0.05) is 13.8 Å². The van der Waals surface area contributed by atoms with E-state index in [0.29, 0.717) is 13.1 Å². The van der Waals surface area contributed by atoms with Gasteiger partial charge in [0.2, 0.25) is 11.8 Å². The van der Waals surface area contributed by atoms with Crippen LogP contribution in [0.3, 0.4) is 0 Å². The molecule has 4 atom stereocenters. The zero-order valence-corrected chi connectivity index (χ0v) is 14.4. The predicted octanol–water partition coefficient (Wildman–Crippen LogP) is -0.147. The van der Waals surface area contributed by atoms with Crippen LogP contribution in [0.1, 0.15) is 27.2 Å². The summed E-state index contributed by atoms with van der Waals surface area (Å²) in [5.41, 5.74) is 0. The lowest BCUT2D eigenvalue weighted by Gasteiger charge is -2.44. The minimum absolute atomic E-state index is 0.0575. The fraction of sp³-hybridized carbons (Fsp3) is 0.812. The average molecular weight is 325 g/mol. The van der Waals surface area contributed by atoms with Crippen molar-refractivity contribution in [3.63, 3.8) is 0 Å². The molecule has 2 unspecified atom stereocenters. The highest BCUT2D eigenvalue weighted by Crippen LogP contribution is 2.28. The fourth-order valence-electron chi connectivity index (χ4n) is 3.19. The number of esters is 1. The van der Waals surface area contributed by atoms with Crippen molar-refractivity contribution >= 4 is 17.8 Å². The molecule has 7 nitrogen and oxygen atoms in total. The van der Waals surface area contributed by atoms with Gasteiger partial charge in [0.25, 0.3) is 0 Å². The van der Waals surface area contributed by atoms with Gasteiger partial charge in [0.1, 0.15) is 6.10 Å². The molecular weight excluding hydrogens is 298 g/mol. The third kappa shape index (κ3) is 3.83. The van der Waals surface area contributed by atoms with Crippen LogP contribution in [0, 0.1) is 11.8 Å². The largest absolute Gasteiger partial charge is 0.462 e. The van der Waals surface area contributed by atoms with E-state index in [9.17, 15) is 14.4 Å². The SMILES string of the molecule is CCC(=O)OC(C)[C@H]1C(=O)N[C@@H]1C(C)C(=O)N1CCN(C)CC1. The molecule has 1 N–H and O–H groups in total. The van der Waals surface area contributed by atoms with Crippen LogP contribution in [-0.2, 0) is 19.1 Å². The molecule has 0 aromatic heterocycles. The van der Waals surface area contributed by atoms with Crippen molar-refractivity contribution in [2.75, 3.05) is 33.2 Å². The molecule has 0 aromatic carbocycles. The fourth-order valence-corrected chi connectivity index (χ4v) is 3.19. The molecule has 0 saturated carbocycles. The van der Waals surface area contributed by atoms with E-state index in [0.717, 1.165) is 13.1 Å². The summed E-state index contributed by atoms with van der Waals surface area (Å²) in [4.78, 5) is 40.0. The lowest BCUT2D eigenvalue weighted by Crippen LogP contribution is -2.67. The van der Waals surface area contributed by atoms with Gasteiger partial charge < -0.3 is 19.9 Å². The van der Waals surface area contributed by atoms with E-state index in [2.05, 4.69) is 10.2 Å². The van der Waals surface area contributed by atoms with Gasteiger partial charge in [0, 0.05) is 32.6 Å². The standard InChI is InChI=1S/C16H27N3O4/c1-5-12(20)23-11(3)13-14(17-15(13)21)10(2)16(22)19-8-6-18(4)7-9-19/h10-11,13-14H,5-9H2,1-4H3,(H,17,21)/t10?,11?,13-,14-/m1/s1. The summed E-state index contributed by atoms with van der Waals surface area (Å²) in [6, 6.07) is -0.269. The first-order valence-corrected chi connectivity index (χ1v) is 8.32. The molecule has 0 bridgehead atoms. The third-order valence-electron chi connectivity index (χ3n) is 4.85. The van der Waals surface area contributed by atoms with Crippen LogP contribution in [0.25, 0.3) is 0 Å². The molecule has 0 radical (unpaired) electrons. The summed E-state index contributed by atoms with van der Waals surface area (Å²) in [7, 11) is 2.04. The topological polar surface area (TPSA) is 78.9 Å². The summed E-state index contributed by atoms with van der Waals surface area (Å²) in [6.45, 7) is 8.43. The molecule has 130 valence electrons.